The third-order valence-corrected chi connectivity index (χ3v) is 6.80. The van der Waals surface area contributed by atoms with Crippen LogP contribution in [0.5, 0.6) is 5.75 Å². The Labute approximate surface area is 173 Å². The Bertz CT molecular complexity index is 899. The highest BCUT2D eigenvalue weighted by Crippen LogP contribution is 2.29. The van der Waals surface area contributed by atoms with Gasteiger partial charge in [-0.25, -0.2) is 4.79 Å². The summed E-state index contributed by atoms with van der Waals surface area (Å²) in [6.45, 7) is 11.0. The van der Waals surface area contributed by atoms with Crippen LogP contribution in [0.2, 0.25) is 0 Å². The molecule has 1 N–H and O–H groups in total. The summed E-state index contributed by atoms with van der Waals surface area (Å²) in [5.74, 6) is 1.78. The fourth-order valence-corrected chi connectivity index (χ4v) is 5.02. The summed E-state index contributed by atoms with van der Waals surface area (Å²) in [7, 11) is 0. The third kappa shape index (κ3) is 4.84. The molecule has 0 spiro atoms. The van der Waals surface area contributed by atoms with E-state index in [0.29, 0.717) is 11.5 Å². The summed E-state index contributed by atoms with van der Waals surface area (Å²) in [5.41, 5.74) is 2.05. The fraction of sp³-hybridized carbons (Fsp3) is 0.625. The van der Waals surface area contributed by atoms with Crippen LogP contribution in [-0.2, 0) is 13.0 Å². The van der Waals surface area contributed by atoms with Crippen molar-refractivity contribution >= 4 is 11.0 Å². The van der Waals surface area contributed by atoms with Gasteiger partial charge in [0.25, 0.3) is 0 Å². The Kier molecular flexibility index (Phi) is 6.26. The second-order valence-corrected chi connectivity index (χ2v) is 9.15. The molecule has 0 aliphatic carbocycles. The van der Waals surface area contributed by atoms with Gasteiger partial charge in [-0.15, -0.1) is 0 Å². The van der Waals surface area contributed by atoms with Crippen molar-refractivity contribution in [1.82, 2.24) is 9.80 Å². The van der Waals surface area contributed by atoms with Gasteiger partial charge in [-0.05, 0) is 80.8 Å². The van der Waals surface area contributed by atoms with Crippen LogP contribution in [0.4, 0.5) is 0 Å². The molecule has 0 amide bonds. The van der Waals surface area contributed by atoms with Crippen molar-refractivity contribution in [3.05, 3.63) is 39.7 Å². The molecule has 29 heavy (non-hydrogen) atoms. The molecule has 2 fully saturated rings. The van der Waals surface area contributed by atoms with Gasteiger partial charge in [-0.3, -0.25) is 4.90 Å². The summed E-state index contributed by atoms with van der Waals surface area (Å²) in [4.78, 5) is 17.2. The van der Waals surface area contributed by atoms with E-state index in [1.165, 1.54) is 45.3 Å². The van der Waals surface area contributed by atoms with Gasteiger partial charge >= 0.3 is 5.63 Å². The Balaban J connectivity index is 1.48. The number of fused-ring (bicyclic) bond motifs is 1. The highest BCUT2D eigenvalue weighted by Gasteiger charge is 2.25. The van der Waals surface area contributed by atoms with E-state index in [1.807, 2.05) is 13.0 Å². The number of phenolic OH excluding ortho intramolecular Hbond substituents is 1. The molecule has 2 aliphatic heterocycles. The standard InChI is InChI=1S/C24H34N2O3/c1-3-19-11-21-20(12-24(28)29-23(21)13-22(19)27)16-26-8-4-5-18(15-26)14-25-9-6-17(2)7-10-25/h11-13,17-18,27H,3-10,14-16H2,1-2H3. The number of rotatable bonds is 5. The average Bonchev–Trinajstić information content (AvgIpc) is 2.69. The molecule has 3 heterocycles. The Morgan fingerprint density at radius 3 is 2.62 bits per heavy atom. The number of aryl methyl sites for hydroxylation is 1. The number of piperidine rings is 2. The smallest absolute Gasteiger partial charge is 0.336 e. The monoisotopic (exact) mass is 398 g/mol. The van der Waals surface area contributed by atoms with E-state index < -0.39 is 0 Å². The van der Waals surface area contributed by atoms with E-state index in [2.05, 4.69) is 16.7 Å². The molecule has 0 bridgehead atoms. The van der Waals surface area contributed by atoms with Crippen LogP contribution in [0.3, 0.4) is 0 Å². The minimum atomic E-state index is -0.341. The molecule has 2 aliphatic rings. The first-order valence-electron chi connectivity index (χ1n) is 11.2. The zero-order valence-corrected chi connectivity index (χ0v) is 17.8. The molecule has 0 saturated carbocycles. The van der Waals surface area contributed by atoms with Gasteiger partial charge in [-0.1, -0.05) is 13.8 Å². The van der Waals surface area contributed by atoms with Crippen LogP contribution >= 0.6 is 0 Å². The molecule has 2 aromatic rings. The number of hydrogen-bond donors (Lipinski definition) is 1. The van der Waals surface area contributed by atoms with Crippen LogP contribution in [0.1, 0.15) is 50.7 Å². The van der Waals surface area contributed by atoms with Crippen LogP contribution < -0.4 is 5.63 Å². The van der Waals surface area contributed by atoms with Crippen molar-refractivity contribution in [3.63, 3.8) is 0 Å². The number of aromatic hydroxyl groups is 1. The van der Waals surface area contributed by atoms with Crippen molar-refractivity contribution in [2.45, 2.75) is 52.5 Å². The Morgan fingerprint density at radius 1 is 1.07 bits per heavy atom. The summed E-state index contributed by atoms with van der Waals surface area (Å²) in [5, 5.41) is 11.1. The predicted octanol–water partition coefficient (Wildman–Crippen LogP) is 4.00. The quantitative estimate of drug-likeness (QED) is 0.772. The van der Waals surface area contributed by atoms with Crippen molar-refractivity contribution in [3.8, 4) is 5.75 Å². The van der Waals surface area contributed by atoms with Gasteiger partial charge in [-0.2, -0.15) is 0 Å². The summed E-state index contributed by atoms with van der Waals surface area (Å²) in [6, 6.07) is 5.21. The minimum absolute atomic E-state index is 0.203. The maximum atomic E-state index is 12.1. The maximum absolute atomic E-state index is 12.1. The van der Waals surface area contributed by atoms with Crippen molar-refractivity contribution in [1.29, 1.82) is 0 Å². The first-order valence-corrected chi connectivity index (χ1v) is 11.2. The van der Waals surface area contributed by atoms with E-state index in [0.717, 1.165) is 48.5 Å². The largest absolute Gasteiger partial charge is 0.508 e. The highest BCUT2D eigenvalue weighted by atomic mass is 16.4. The van der Waals surface area contributed by atoms with E-state index in [4.69, 9.17) is 4.42 Å². The Hall–Kier alpha value is -1.85. The lowest BCUT2D eigenvalue weighted by molar-refractivity contribution is 0.109. The molecule has 1 unspecified atom stereocenters. The predicted molar refractivity (Wildman–Crippen MR) is 116 cm³/mol. The lowest BCUT2D eigenvalue weighted by Gasteiger charge is -2.38. The average molecular weight is 399 g/mol. The van der Waals surface area contributed by atoms with Crippen LogP contribution in [0.15, 0.2) is 27.4 Å². The highest BCUT2D eigenvalue weighted by molar-refractivity contribution is 5.82. The van der Waals surface area contributed by atoms with E-state index in [1.54, 1.807) is 12.1 Å². The van der Waals surface area contributed by atoms with Crippen molar-refractivity contribution in [2.24, 2.45) is 11.8 Å². The second-order valence-electron chi connectivity index (χ2n) is 9.15. The SMILES string of the molecule is CCc1cc2c(CN3CCCC(CN4CCC(C)CC4)C3)cc(=O)oc2cc1O. The molecule has 1 atom stereocenters. The van der Waals surface area contributed by atoms with E-state index >= 15 is 0 Å². The molecule has 2 saturated heterocycles. The van der Waals surface area contributed by atoms with Crippen molar-refractivity contribution < 1.29 is 9.52 Å². The van der Waals surface area contributed by atoms with Gasteiger partial charge in [0.1, 0.15) is 11.3 Å². The van der Waals surface area contributed by atoms with Gasteiger partial charge < -0.3 is 14.4 Å². The summed E-state index contributed by atoms with van der Waals surface area (Å²) < 4.78 is 5.36. The lowest BCUT2D eigenvalue weighted by atomic mass is 9.94. The fourth-order valence-electron chi connectivity index (χ4n) is 5.02. The minimum Gasteiger partial charge on any atom is -0.508 e. The number of hydrogen-bond acceptors (Lipinski definition) is 5. The first kappa shape index (κ1) is 20.4. The zero-order chi connectivity index (χ0) is 20.4. The van der Waals surface area contributed by atoms with Crippen LogP contribution in [0.25, 0.3) is 11.0 Å². The topological polar surface area (TPSA) is 56.9 Å². The first-order chi connectivity index (χ1) is 14.0. The summed E-state index contributed by atoms with van der Waals surface area (Å²) in [6.07, 6.45) is 5.92. The number of likely N-dealkylation sites (tertiary alicyclic amines) is 2. The van der Waals surface area contributed by atoms with Gasteiger partial charge in [0.15, 0.2) is 0 Å². The molecular weight excluding hydrogens is 364 g/mol. The molecule has 1 aromatic carbocycles. The van der Waals surface area contributed by atoms with E-state index in [9.17, 15) is 9.90 Å². The molecule has 158 valence electrons. The van der Waals surface area contributed by atoms with Gasteiger partial charge in [0.2, 0.25) is 0 Å². The molecular formula is C24H34N2O3. The zero-order valence-electron chi connectivity index (χ0n) is 17.8. The molecule has 0 radical (unpaired) electrons. The summed E-state index contributed by atoms with van der Waals surface area (Å²) >= 11 is 0. The number of nitrogens with zero attached hydrogens (tertiary/aromatic N) is 2. The van der Waals surface area contributed by atoms with Crippen LogP contribution in [0, 0.1) is 11.8 Å². The lowest BCUT2D eigenvalue weighted by Crippen LogP contribution is -2.43. The van der Waals surface area contributed by atoms with Crippen molar-refractivity contribution in [2.75, 3.05) is 32.7 Å². The Morgan fingerprint density at radius 2 is 1.86 bits per heavy atom. The molecule has 5 nitrogen and oxygen atoms in total. The van der Waals surface area contributed by atoms with E-state index in [-0.39, 0.29) is 11.4 Å². The number of phenols is 1. The maximum Gasteiger partial charge on any atom is 0.336 e. The third-order valence-electron chi connectivity index (χ3n) is 6.80. The second kappa shape index (κ2) is 8.88. The number of benzene rings is 1. The molecule has 1 aromatic heterocycles. The molecule has 4 rings (SSSR count). The van der Waals surface area contributed by atoms with Crippen LogP contribution in [-0.4, -0.2) is 47.6 Å². The molecule has 5 heteroatoms. The van der Waals surface area contributed by atoms with Gasteiger partial charge in [0.05, 0.1) is 0 Å². The normalized spacial score (nSPS) is 22.3. The van der Waals surface area contributed by atoms with Gasteiger partial charge in [0, 0.05) is 37.2 Å².